The molecule has 0 saturated heterocycles. The topological polar surface area (TPSA) is 170 Å². The SMILES string of the molecule is C=CC(CC)(O[N+](C)(N)N)[N+](C)(OC(CC)(CC)C1(CC)C(C)=N[N+]1(N)OC(CC)(CC)[N+](C)(N)N)I=C. The molecule has 1 aliphatic heterocycles. The van der Waals surface area contributed by atoms with Gasteiger partial charge in [0.2, 0.25) is 0 Å². The molecule has 0 bridgehead atoms. The highest BCUT2D eigenvalue weighted by molar-refractivity contribution is 14.1. The Bertz CT molecular complexity index is 884. The van der Waals surface area contributed by atoms with Crippen molar-refractivity contribution >= 4 is 31.2 Å². The van der Waals surface area contributed by atoms with Gasteiger partial charge >= 0.3 is 5.72 Å². The van der Waals surface area contributed by atoms with E-state index in [1.807, 2.05) is 34.7 Å². The average Bonchev–Trinajstić information content (AvgIpc) is 2.83. The number of hydrogen-bond acceptors (Lipinski definition) is 9. The number of halogens is 1. The molecule has 0 aromatic heterocycles. The van der Waals surface area contributed by atoms with E-state index < -0.39 is 58.0 Å². The zero-order valence-electron chi connectivity index (χ0n) is 25.5. The molecule has 0 aliphatic carbocycles. The zero-order valence-corrected chi connectivity index (χ0v) is 27.6. The summed E-state index contributed by atoms with van der Waals surface area (Å²) in [7, 11) is 5.18. The largest absolute Gasteiger partial charge is 0.312 e. The molecule has 4 unspecified atom stereocenters. The quantitative estimate of drug-likeness (QED) is 0.0302. The average molecular weight is 661 g/mol. The zero-order chi connectivity index (χ0) is 30.1. The lowest BCUT2D eigenvalue weighted by atomic mass is 9.69. The van der Waals surface area contributed by atoms with Gasteiger partial charge in [0.05, 0.1) is 0 Å². The second kappa shape index (κ2) is 11.8. The number of likely N-dealkylation sites (N-methyl/N-ethyl adjacent to an activating group) is 1. The van der Waals surface area contributed by atoms with Crippen molar-refractivity contribution < 1.29 is 31.8 Å². The Labute approximate surface area is 240 Å². The number of hydroxylamine groups is 4. The minimum absolute atomic E-state index is 0.0148. The molecule has 4 atom stereocenters. The van der Waals surface area contributed by atoms with Gasteiger partial charge in [-0.05, 0) is 34.2 Å². The summed E-state index contributed by atoms with van der Waals surface area (Å²) in [5.74, 6) is 32.1. The van der Waals surface area contributed by atoms with E-state index in [4.69, 9.17) is 48.8 Å². The Morgan fingerprint density at radius 2 is 1.45 bits per heavy atom. The maximum Gasteiger partial charge on any atom is 0.312 e. The van der Waals surface area contributed by atoms with Crippen LogP contribution in [-0.2, 0) is 14.5 Å². The molecule has 0 saturated carbocycles. The molecule has 10 N–H and O–H groups in total. The van der Waals surface area contributed by atoms with Gasteiger partial charge in [0, 0.05) is 36.6 Å². The van der Waals surface area contributed by atoms with E-state index >= 15 is 0 Å². The van der Waals surface area contributed by atoms with E-state index in [1.54, 1.807) is 20.2 Å². The maximum absolute atomic E-state index is 7.28. The molecule has 0 aromatic rings. The second-order valence-electron chi connectivity index (χ2n) is 10.7. The summed E-state index contributed by atoms with van der Waals surface area (Å²) in [4.78, 5) is 19.0. The van der Waals surface area contributed by atoms with Crippen molar-refractivity contribution in [3.05, 3.63) is 12.7 Å². The van der Waals surface area contributed by atoms with Crippen molar-refractivity contribution in [2.45, 2.75) is 110 Å². The minimum Gasteiger partial charge on any atom is -0.179 e. The monoisotopic (exact) mass is 660 g/mol. The Kier molecular flexibility index (Phi) is 11.0. The molecule has 1 aliphatic rings. The van der Waals surface area contributed by atoms with Crippen LogP contribution in [0.25, 0.3) is 0 Å². The first-order chi connectivity index (χ1) is 17.2. The molecule has 0 amide bonds. The fourth-order valence-electron chi connectivity index (χ4n) is 6.19. The van der Waals surface area contributed by atoms with Gasteiger partial charge in [-0.25, -0.2) is 0 Å². The maximum atomic E-state index is 7.28. The molecule has 0 aromatic carbocycles. The van der Waals surface area contributed by atoms with Gasteiger partial charge in [0.15, 0.2) is 26.6 Å². The van der Waals surface area contributed by atoms with E-state index in [1.165, 1.54) is 0 Å². The summed E-state index contributed by atoms with van der Waals surface area (Å²) in [5, 5.41) is 4.75. The summed E-state index contributed by atoms with van der Waals surface area (Å²) >= 11 is -0.935. The van der Waals surface area contributed by atoms with Gasteiger partial charge in [0.25, 0.3) is 11.3 Å². The molecule has 14 heteroatoms. The van der Waals surface area contributed by atoms with Crippen LogP contribution in [0.15, 0.2) is 17.8 Å². The Balaban J connectivity index is 3.92. The van der Waals surface area contributed by atoms with Crippen molar-refractivity contribution in [3.63, 3.8) is 0 Å². The van der Waals surface area contributed by atoms with Crippen molar-refractivity contribution in [1.82, 2.24) is 0 Å². The van der Waals surface area contributed by atoms with E-state index in [0.29, 0.717) is 38.5 Å². The Hall–Kier alpha value is -0.470. The van der Waals surface area contributed by atoms with Crippen LogP contribution >= 0.6 is 21.0 Å². The van der Waals surface area contributed by atoms with Gasteiger partial charge in [0.1, 0.15) is 26.9 Å². The molecule has 38 heavy (non-hydrogen) atoms. The Morgan fingerprint density at radius 1 is 0.947 bits per heavy atom. The van der Waals surface area contributed by atoms with E-state index in [0.717, 1.165) is 5.71 Å². The van der Waals surface area contributed by atoms with Crippen LogP contribution in [0, 0.1) is 0 Å². The summed E-state index contributed by atoms with van der Waals surface area (Å²) in [5.41, 5.74) is -3.00. The molecular formula is C24H57IN10O3+4. The van der Waals surface area contributed by atoms with Crippen molar-refractivity contribution in [2.24, 2.45) is 34.3 Å². The summed E-state index contributed by atoms with van der Waals surface area (Å²) in [6, 6.07) is 0. The molecule has 0 spiro atoms. The molecule has 1 heterocycles. The third-order valence-corrected chi connectivity index (χ3v) is 10.9. The first kappa shape index (κ1) is 35.6. The highest BCUT2D eigenvalue weighted by Crippen LogP contribution is 2.54. The van der Waals surface area contributed by atoms with Gasteiger partial charge in [-0.15, -0.1) is 22.2 Å². The van der Waals surface area contributed by atoms with Gasteiger partial charge in [-0.1, -0.05) is 60.7 Å². The highest BCUT2D eigenvalue weighted by Gasteiger charge is 2.79. The first-order valence-electron chi connectivity index (χ1n) is 13.4. The van der Waals surface area contributed by atoms with Crippen LogP contribution < -0.4 is 29.2 Å². The van der Waals surface area contributed by atoms with Crippen molar-refractivity contribution in [2.75, 3.05) is 21.1 Å². The minimum atomic E-state index is -1.09. The third-order valence-electron chi connectivity index (χ3n) is 8.57. The predicted molar refractivity (Wildman–Crippen MR) is 160 cm³/mol. The first-order valence-corrected chi connectivity index (χ1v) is 15.9. The predicted octanol–water partition coefficient (Wildman–Crippen LogP) is 2.53. The fraction of sp³-hybridized carbons (Fsp3) is 0.833. The van der Waals surface area contributed by atoms with Crippen LogP contribution in [0.4, 0.5) is 0 Å². The standard InChI is InChI=1S/C24H57IN10O3/c1-13-21(14-2,36-32(10,25-9)22(15-3,16-4)37-34(12,28)29)24(19-7)20(8)31-35(24,30)38-23(17-5,18-6)33(11,26)27/h15H,3,9,13-14,16-19,26-30H2,1-2,4-8,10-12H3/q+4. The lowest BCUT2D eigenvalue weighted by molar-refractivity contribution is -1.22. The summed E-state index contributed by atoms with van der Waals surface area (Å²) in [6.45, 7) is 18.2. The summed E-state index contributed by atoms with van der Waals surface area (Å²) < 4.78 is 3.91. The van der Waals surface area contributed by atoms with Crippen LogP contribution in [0.5, 0.6) is 0 Å². The smallest absolute Gasteiger partial charge is 0.179 e. The lowest BCUT2D eigenvalue weighted by Gasteiger charge is -2.59. The number of nitrogens with two attached hydrogens (primary N) is 5. The van der Waals surface area contributed by atoms with Crippen molar-refractivity contribution in [1.29, 1.82) is 0 Å². The highest BCUT2D eigenvalue weighted by atomic mass is 127. The van der Waals surface area contributed by atoms with Crippen LogP contribution in [0.3, 0.4) is 0 Å². The van der Waals surface area contributed by atoms with Gasteiger partial charge in [-0.2, -0.15) is 16.5 Å². The van der Waals surface area contributed by atoms with Gasteiger partial charge < -0.3 is 0 Å². The summed E-state index contributed by atoms with van der Waals surface area (Å²) in [6.07, 6.45) is 5.01. The normalized spacial score (nSPS) is 26.2. The van der Waals surface area contributed by atoms with E-state index in [9.17, 15) is 0 Å². The van der Waals surface area contributed by atoms with Crippen LogP contribution in [0.2, 0.25) is 0 Å². The molecule has 0 radical (unpaired) electrons. The lowest BCUT2D eigenvalue weighted by Crippen LogP contribution is -2.88. The van der Waals surface area contributed by atoms with E-state index in [-0.39, 0.29) is 2.86 Å². The molecule has 1 rings (SSSR count). The number of hydrogen-bond donors (Lipinski definition) is 5. The molecular weight excluding hydrogens is 603 g/mol. The van der Waals surface area contributed by atoms with Crippen LogP contribution in [-0.4, -0.2) is 71.2 Å². The van der Waals surface area contributed by atoms with Gasteiger partial charge in [-0.3, -0.25) is 0 Å². The number of nitrogens with zero attached hydrogens (tertiary/aromatic N) is 5. The second-order valence-corrected chi connectivity index (χ2v) is 13.2. The van der Waals surface area contributed by atoms with Crippen molar-refractivity contribution in [3.8, 4) is 0 Å². The van der Waals surface area contributed by atoms with E-state index in [2.05, 4.69) is 31.9 Å². The molecule has 0 fully saturated rings. The Morgan fingerprint density at radius 3 is 1.71 bits per heavy atom. The number of rotatable bonds is 17. The van der Waals surface area contributed by atoms with Crippen LogP contribution in [0.1, 0.15) is 87.0 Å². The number of quaternary nitrogens is 4. The molecule has 13 nitrogen and oxygen atoms in total. The molecule has 224 valence electrons. The fourth-order valence-corrected chi connectivity index (χ4v) is 7.91. The third kappa shape index (κ3) is 5.41.